The number of piperidine rings is 1. The van der Waals surface area contributed by atoms with Crippen LogP contribution in [0, 0.1) is 0 Å². The Kier molecular flexibility index (Phi) is 6.59. The van der Waals surface area contributed by atoms with E-state index in [1.807, 2.05) is 12.1 Å². The van der Waals surface area contributed by atoms with Crippen molar-refractivity contribution >= 4 is 27.3 Å². The van der Waals surface area contributed by atoms with E-state index in [-0.39, 0.29) is 18.6 Å². The predicted octanol–water partition coefficient (Wildman–Crippen LogP) is 1.74. The fourth-order valence-corrected chi connectivity index (χ4v) is 4.46. The summed E-state index contributed by atoms with van der Waals surface area (Å²) in [6, 6.07) is 7.42. The molecule has 2 heterocycles. The monoisotopic (exact) mass is 395 g/mol. The van der Waals surface area contributed by atoms with Crippen molar-refractivity contribution in [3.63, 3.8) is 0 Å². The Hall–Kier alpha value is -1.80. The molecule has 27 heavy (non-hydrogen) atoms. The van der Waals surface area contributed by atoms with Gasteiger partial charge in [0.25, 0.3) is 0 Å². The lowest BCUT2D eigenvalue weighted by atomic mass is 10.1. The average molecular weight is 396 g/mol. The summed E-state index contributed by atoms with van der Waals surface area (Å²) >= 11 is 0. The first-order chi connectivity index (χ1) is 12.9. The Morgan fingerprint density at radius 3 is 2.48 bits per heavy atom. The molecule has 1 amide bonds. The molecule has 0 bridgehead atoms. The summed E-state index contributed by atoms with van der Waals surface area (Å²) in [5.74, 6) is -0.323. The standard InChI is InChI=1S/C19H29N3O4S/c1-27(24,25)22(15-19(23)20-14-18-6-5-13-26-18)17-9-7-16(8-10-17)21-11-3-2-4-12-21/h7-10,18H,2-6,11-15H2,1H3,(H,20,23). The Morgan fingerprint density at radius 1 is 1.19 bits per heavy atom. The molecule has 0 aromatic heterocycles. The normalized spacial score (nSPS) is 20.5. The Bertz CT molecular complexity index is 724. The first-order valence-electron chi connectivity index (χ1n) is 9.64. The molecular formula is C19H29N3O4S. The van der Waals surface area contributed by atoms with E-state index in [4.69, 9.17) is 4.74 Å². The number of hydrogen-bond donors (Lipinski definition) is 1. The molecule has 150 valence electrons. The zero-order valence-corrected chi connectivity index (χ0v) is 16.7. The van der Waals surface area contributed by atoms with Crippen LogP contribution in [0.15, 0.2) is 24.3 Å². The number of ether oxygens (including phenoxy) is 1. The zero-order valence-electron chi connectivity index (χ0n) is 15.9. The van der Waals surface area contributed by atoms with Crippen LogP contribution in [0.25, 0.3) is 0 Å². The van der Waals surface area contributed by atoms with E-state index in [0.29, 0.717) is 12.2 Å². The summed E-state index contributed by atoms with van der Waals surface area (Å²) in [5, 5.41) is 2.78. The van der Waals surface area contributed by atoms with Crippen molar-refractivity contribution in [2.45, 2.75) is 38.2 Å². The van der Waals surface area contributed by atoms with Crippen molar-refractivity contribution in [3.05, 3.63) is 24.3 Å². The van der Waals surface area contributed by atoms with E-state index < -0.39 is 10.0 Å². The van der Waals surface area contributed by atoms with Gasteiger partial charge in [0, 0.05) is 31.9 Å². The predicted molar refractivity (Wildman–Crippen MR) is 107 cm³/mol. The maximum atomic E-state index is 12.3. The van der Waals surface area contributed by atoms with E-state index in [2.05, 4.69) is 10.2 Å². The van der Waals surface area contributed by atoms with Gasteiger partial charge in [-0.3, -0.25) is 9.10 Å². The number of amides is 1. The molecule has 1 N–H and O–H groups in total. The molecule has 1 unspecified atom stereocenters. The lowest BCUT2D eigenvalue weighted by Gasteiger charge is -2.29. The van der Waals surface area contributed by atoms with E-state index in [1.54, 1.807) is 12.1 Å². The highest BCUT2D eigenvalue weighted by atomic mass is 32.2. The first-order valence-corrected chi connectivity index (χ1v) is 11.5. The highest BCUT2D eigenvalue weighted by Crippen LogP contribution is 2.24. The molecule has 1 aromatic carbocycles. The van der Waals surface area contributed by atoms with Gasteiger partial charge in [0.2, 0.25) is 15.9 Å². The summed E-state index contributed by atoms with van der Waals surface area (Å²) in [4.78, 5) is 14.6. The van der Waals surface area contributed by atoms with Crippen LogP contribution < -0.4 is 14.5 Å². The van der Waals surface area contributed by atoms with Crippen molar-refractivity contribution in [3.8, 4) is 0 Å². The second-order valence-electron chi connectivity index (χ2n) is 7.27. The van der Waals surface area contributed by atoms with Crippen LogP contribution in [0.3, 0.4) is 0 Å². The molecule has 2 fully saturated rings. The SMILES string of the molecule is CS(=O)(=O)N(CC(=O)NCC1CCCO1)c1ccc(N2CCCCC2)cc1. The number of hydrogen-bond acceptors (Lipinski definition) is 5. The molecule has 0 saturated carbocycles. The number of carbonyl (C=O) groups excluding carboxylic acids is 1. The number of rotatable bonds is 7. The van der Waals surface area contributed by atoms with Gasteiger partial charge in [-0.1, -0.05) is 0 Å². The summed E-state index contributed by atoms with van der Waals surface area (Å²) in [6.07, 6.45) is 6.71. The highest BCUT2D eigenvalue weighted by molar-refractivity contribution is 7.92. The average Bonchev–Trinajstić information content (AvgIpc) is 3.18. The topological polar surface area (TPSA) is 79.0 Å². The van der Waals surface area contributed by atoms with Crippen molar-refractivity contribution in [1.82, 2.24) is 5.32 Å². The first kappa shape index (κ1) is 19.9. The molecule has 1 aromatic rings. The minimum atomic E-state index is -3.56. The van der Waals surface area contributed by atoms with Crippen LogP contribution in [0.4, 0.5) is 11.4 Å². The van der Waals surface area contributed by atoms with Crippen LogP contribution in [-0.2, 0) is 19.6 Å². The maximum absolute atomic E-state index is 12.3. The molecule has 8 heteroatoms. The van der Waals surface area contributed by atoms with E-state index in [0.717, 1.165) is 48.8 Å². The number of sulfonamides is 1. The molecule has 0 spiro atoms. The second-order valence-corrected chi connectivity index (χ2v) is 9.18. The summed E-state index contributed by atoms with van der Waals surface area (Å²) < 4.78 is 31.1. The maximum Gasteiger partial charge on any atom is 0.240 e. The van der Waals surface area contributed by atoms with Crippen LogP contribution in [0.5, 0.6) is 0 Å². The van der Waals surface area contributed by atoms with Gasteiger partial charge >= 0.3 is 0 Å². The van der Waals surface area contributed by atoms with Gasteiger partial charge in [0.1, 0.15) is 6.54 Å². The number of nitrogens with zero attached hydrogens (tertiary/aromatic N) is 2. The Labute approximate surface area is 161 Å². The minimum absolute atomic E-state index is 0.0319. The van der Waals surface area contributed by atoms with Gasteiger partial charge in [-0.15, -0.1) is 0 Å². The van der Waals surface area contributed by atoms with Crippen LogP contribution in [0.2, 0.25) is 0 Å². The third-order valence-corrected chi connectivity index (χ3v) is 6.24. The molecule has 1 atom stereocenters. The lowest BCUT2D eigenvalue weighted by Crippen LogP contribution is -2.42. The molecule has 2 aliphatic rings. The third-order valence-electron chi connectivity index (χ3n) is 5.10. The quantitative estimate of drug-likeness (QED) is 0.761. The molecular weight excluding hydrogens is 366 g/mol. The second kappa shape index (κ2) is 8.93. The smallest absolute Gasteiger partial charge is 0.240 e. The highest BCUT2D eigenvalue weighted by Gasteiger charge is 2.22. The molecule has 7 nitrogen and oxygen atoms in total. The van der Waals surface area contributed by atoms with Gasteiger partial charge in [-0.2, -0.15) is 0 Å². The molecule has 0 radical (unpaired) electrons. The van der Waals surface area contributed by atoms with E-state index in [9.17, 15) is 13.2 Å². The Morgan fingerprint density at radius 2 is 1.89 bits per heavy atom. The van der Waals surface area contributed by atoms with Gasteiger partial charge in [0.15, 0.2) is 0 Å². The molecule has 0 aliphatic carbocycles. The fourth-order valence-electron chi connectivity index (χ4n) is 3.60. The summed E-state index contributed by atoms with van der Waals surface area (Å²) in [6.45, 7) is 2.97. The third kappa shape index (κ3) is 5.59. The van der Waals surface area contributed by atoms with E-state index in [1.165, 1.54) is 19.3 Å². The van der Waals surface area contributed by atoms with Crippen LogP contribution >= 0.6 is 0 Å². The number of anilines is 2. The number of benzene rings is 1. The van der Waals surface area contributed by atoms with Crippen molar-refractivity contribution in [2.75, 3.05) is 48.2 Å². The van der Waals surface area contributed by atoms with Gasteiger partial charge < -0.3 is 15.0 Å². The number of nitrogens with one attached hydrogen (secondary N) is 1. The fraction of sp³-hybridized carbons (Fsp3) is 0.632. The number of carbonyl (C=O) groups is 1. The van der Waals surface area contributed by atoms with Crippen molar-refractivity contribution in [2.24, 2.45) is 0 Å². The summed E-state index contributed by atoms with van der Waals surface area (Å²) in [5.41, 5.74) is 1.60. The van der Waals surface area contributed by atoms with Crippen molar-refractivity contribution in [1.29, 1.82) is 0 Å². The summed E-state index contributed by atoms with van der Waals surface area (Å²) in [7, 11) is -3.56. The largest absolute Gasteiger partial charge is 0.376 e. The van der Waals surface area contributed by atoms with Crippen molar-refractivity contribution < 1.29 is 17.9 Å². The minimum Gasteiger partial charge on any atom is -0.376 e. The molecule has 2 aliphatic heterocycles. The molecule has 3 rings (SSSR count). The van der Waals surface area contributed by atoms with Gasteiger partial charge in [0.05, 0.1) is 18.0 Å². The molecule has 2 saturated heterocycles. The van der Waals surface area contributed by atoms with E-state index >= 15 is 0 Å². The lowest BCUT2D eigenvalue weighted by molar-refractivity contribution is -0.120. The van der Waals surface area contributed by atoms with Gasteiger partial charge in [-0.05, 0) is 56.4 Å². The zero-order chi connectivity index (χ0) is 19.3. The van der Waals surface area contributed by atoms with Crippen LogP contribution in [0.1, 0.15) is 32.1 Å². The van der Waals surface area contributed by atoms with Crippen LogP contribution in [-0.4, -0.2) is 59.5 Å². The Balaban J connectivity index is 1.64. The van der Waals surface area contributed by atoms with Gasteiger partial charge in [-0.25, -0.2) is 8.42 Å².